The van der Waals surface area contributed by atoms with Gasteiger partial charge in [-0.1, -0.05) is 11.2 Å². The molecule has 8 nitrogen and oxygen atoms in total. The Balaban J connectivity index is 1.31. The quantitative estimate of drug-likeness (QED) is 0.805. The number of nitrogens with one attached hydrogen (secondary N) is 1. The van der Waals surface area contributed by atoms with Crippen molar-refractivity contribution in [3.05, 3.63) is 47.2 Å². The van der Waals surface area contributed by atoms with Crippen molar-refractivity contribution in [2.24, 2.45) is 16.8 Å². The zero-order chi connectivity index (χ0) is 26.7. The number of hydrogen-bond acceptors (Lipinski definition) is 7. The second-order valence-electron chi connectivity index (χ2n) is 8.08. The summed E-state index contributed by atoms with van der Waals surface area (Å²) in [5.41, 5.74) is -0.323. The minimum Gasteiger partial charge on any atom is -0.355 e. The topological polar surface area (TPSA) is 86.9 Å². The van der Waals surface area contributed by atoms with E-state index in [1.54, 1.807) is 11.8 Å². The van der Waals surface area contributed by atoms with Crippen LogP contribution in [0.15, 0.2) is 39.5 Å². The summed E-state index contributed by atoms with van der Waals surface area (Å²) >= 11 is 0. The molecule has 4 heterocycles. The van der Waals surface area contributed by atoms with Gasteiger partial charge in [-0.2, -0.15) is 4.98 Å². The Hall–Kier alpha value is -3.07. The van der Waals surface area contributed by atoms with Gasteiger partial charge in [0, 0.05) is 45.8 Å². The van der Waals surface area contributed by atoms with Crippen molar-refractivity contribution >= 4 is 11.6 Å². The highest BCUT2D eigenvalue weighted by Gasteiger charge is 2.44. The molecule has 1 amide bonds. The van der Waals surface area contributed by atoms with Crippen LogP contribution in [-0.2, 0) is 0 Å². The summed E-state index contributed by atoms with van der Waals surface area (Å²) in [6.07, 6.45) is 0.246. The normalized spacial score (nSPS) is 29.5. The first-order valence-corrected chi connectivity index (χ1v) is 10.0. The molecule has 3 aliphatic rings. The van der Waals surface area contributed by atoms with Crippen LogP contribution < -0.4 is 5.32 Å². The van der Waals surface area contributed by atoms with Gasteiger partial charge in [-0.05, 0) is 50.7 Å². The van der Waals surface area contributed by atoms with Crippen molar-refractivity contribution in [2.75, 3.05) is 26.2 Å². The molecule has 31 heavy (non-hydrogen) atoms. The van der Waals surface area contributed by atoms with Crippen LogP contribution in [0, 0.1) is 24.6 Å². The number of fused-ring (bicyclic) bond motifs is 1. The predicted octanol–water partition coefficient (Wildman–Crippen LogP) is 2.44. The molecule has 5 rings (SSSR count). The van der Waals surface area contributed by atoms with Crippen LogP contribution >= 0.6 is 0 Å². The molecule has 162 valence electrons. The average molecular weight is 431 g/mol. The number of aryl methyl sites for hydroxylation is 1. The zero-order valence-corrected chi connectivity index (χ0v) is 16.8. The summed E-state index contributed by atoms with van der Waals surface area (Å²) in [5.74, 6) is -0.607. The zero-order valence-electron chi connectivity index (χ0n) is 22.8. The molecule has 1 N–H and O–H groups in total. The lowest BCUT2D eigenvalue weighted by molar-refractivity contribution is 0.0768. The third kappa shape index (κ3) is 3.63. The largest absolute Gasteiger partial charge is 0.355 e. The maximum atomic E-state index is 14.7. The highest BCUT2D eigenvalue weighted by Crippen LogP contribution is 2.35. The summed E-state index contributed by atoms with van der Waals surface area (Å²) in [6.45, 7) is -1.68. The third-order valence-electron chi connectivity index (χ3n) is 5.96. The second kappa shape index (κ2) is 7.56. The molecular weight excluding hydrogens is 399 g/mol. The van der Waals surface area contributed by atoms with E-state index < -0.39 is 25.8 Å². The van der Waals surface area contributed by atoms with Crippen LogP contribution in [0.25, 0.3) is 11.5 Å². The van der Waals surface area contributed by atoms with E-state index in [0.717, 1.165) is 6.08 Å². The molecular formula is C22H25FN6O2. The van der Waals surface area contributed by atoms with Gasteiger partial charge < -0.3 is 14.7 Å². The fraction of sp³-hybridized carbons (Fsp3) is 0.455. The second-order valence-corrected chi connectivity index (χ2v) is 8.08. The number of nitrogens with zero attached hydrogens (tertiary/aromatic N) is 5. The van der Waals surface area contributed by atoms with Gasteiger partial charge in [-0.15, -0.1) is 0 Å². The SMILES string of the molecule is [2H]C([2H])([2H])C1=CC(C([2H])([2H])[2H])=NC(N2CC3CN(C(=O)c4cccc(F)c4-c4nc(C)no4)CC3C2)N1. The predicted molar refractivity (Wildman–Crippen MR) is 113 cm³/mol. The molecule has 9 heteroatoms. The van der Waals surface area contributed by atoms with Crippen molar-refractivity contribution in [3.63, 3.8) is 0 Å². The minimum atomic E-state index is -2.55. The van der Waals surface area contributed by atoms with Crippen molar-refractivity contribution in [1.29, 1.82) is 0 Å². The Labute approximate surface area is 188 Å². The van der Waals surface area contributed by atoms with Crippen LogP contribution in [0.2, 0.25) is 0 Å². The maximum Gasteiger partial charge on any atom is 0.261 e. The van der Waals surface area contributed by atoms with E-state index >= 15 is 0 Å². The molecule has 2 saturated heterocycles. The first-order valence-electron chi connectivity index (χ1n) is 13.0. The van der Waals surface area contributed by atoms with E-state index in [-0.39, 0.29) is 46.2 Å². The standard InChI is InChI=1S/C22H25FN6O2/c1-12-7-13(2)25-22(24-12)29-10-15-8-28(9-16(15)11-29)21(30)17-5-4-6-18(23)19(17)20-26-14(3)27-31-20/h4-7,15-16,22,24H,8-11H2,1-3H3/i1D3,2D3. The smallest absolute Gasteiger partial charge is 0.261 e. The van der Waals surface area contributed by atoms with Gasteiger partial charge in [0.2, 0.25) is 0 Å². The van der Waals surface area contributed by atoms with Gasteiger partial charge in [-0.3, -0.25) is 14.7 Å². The van der Waals surface area contributed by atoms with Crippen LogP contribution in [0.5, 0.6) is 0 Å². The number of aromatic nitrogens is 2. The number of halogens is 1. The van der Waals surface area contributed by atoms with Gasteiger partial charge in [-0.25, -0.2) is 4.39 Å². The number of aliphatic imine (C=N–C) groups is 1. The van der Waals surface area contributed by atoms with Crippen LogP contribution in [0.4, 0.5) is 4.39 Å². The number of carbonyl (C=O) groups excluding carboxylic acids is 1. The van der Waals surface area contributed by atoms with Gasteiger partial charge in [0.1, 0.15) is 5.82 Å². The van der Waals surface area contributed by atoms with Crippen molar-refractivity contribution in [1.82, 2.24) is 25.3 Å². The Morgan fingerprint density at radius 1 is 1.26 bits per heavy atom. The summed E-state index contributed by atoms with van der Waals surface area (Å²) in [6, 6.07) is 4.22. The first-order chi connectivity index (χ1) is 17.3. The molecule has 1 aromatic carbocycles. The molecule has 0 radical (unpaired) electrons. The molecule has 0 bridgehead atoms. The van der Waals surface area contributed by atoms with Gasteiger partial charge in [0.25, 0.3) is 11.8 Å². The molecule has 3 unspecified atom stereocenters. The van der Waals surface area contributed by atoms with Crippen molar-refractivity contribution in [2.45, 2.75) is 26.9 Å². The minimum absolute atomic E-state index is 0.0336. The Bertz CT molecular complexity index is 1280. The third-order valence-corrected chi connectivity index (χ3v) is 5.96. The Morgan fingerprint density at radius 3 is 2.74 bits per heavy atom. The number of rotatable bonds is 3. The molecule has 2 aromatic rings. The molecule has 0 spiro atoms. The summed E-state index contributed by atoms with van der Waals surface area (Å²) in [4.78, 5) is 25.3. The number of amides is 1. The number of likely N-dealkylation sites (tertiary alicyclic amines) is 2. The molecule has 0 aliphatic carbocycles. The lowest BCUT2D eigenvalue weighted by Gasteiger charge is -2.30. The van der Waals surface area contributed by atoms with Crippen LogP contribution in [-0.4, -0.2) is 64.0 Å². The van der Waals surface area contributed by atoms with E-state index in [0.29, 0.717) is 32.0 Å². The summed E-state index contributed by atoms with van der Waals surface area (Å²) < 4.78 is 66.1. The van der Waals surface area contributed by atoms with E-state index in [1.165, 1.54) is 18.2 Å². The lowest BCUT2D eigenvalue weighted by atomic mass is 10.0. The number of hydrogen-bond donors (Lipinski definition) is 1. The van der Waals surface area contributed by atoms with Crippen molar-refractivity contribution < 1.29 is 21.9 Å². The van der Waals surface area contributed by atoms with E-state index in [4.69, 9.17) is 12.7 Å². The van der Waals surface area contributed by atoms with Gasteiger partial charge >= 0.3 is 0 Å². The number of benzene rings is 1. The summed E-state index contributed by atoms with van der Waals surface area (Å²) in [5, 5.41) is 6.56. The van der Waals surface area contributed by atoms with E-state index in [2.05, 4.69) is 20.4 Å². The van der Waals surface area contributed by atoms with Gasteiger partial charge in [0.05, 0.1) is 11.1 Å². The number of carbonyl (C=O) groups is 1. The fourth-order valence-electron chi connectivity index (χ4n) is 4.58. The van der Waals surface area contributed by atoms with Crippen molar-refractivity contribution in [3.8, 4) is 11.5 Å². The van der Waals surface area contributed by atoms with E-state index in [1.807, 2.05) is 4.90 Å². The molecule has 3 atom stereocenters. The molecule has 1 aromatic heterocycles. The molecule has 2 fully saturated rings. The maximum absolute atomic E-state index is 14.7. The monoisotopic (exact) mass is 430 g/mol. The summed E-state index contributed by atoms with van der Waals surface area (Å²) in [7, 11) is 0. The number of allylic oxidation sites excluding steroid dienone is 2. The van der Waals surface area contributed by atoms with Gasteiger partial charge in [0.15, 0.2) is 12.1 Å². The van der Waals surface area contributed by atoms with Crippen LogP contribution in [0.1, 0.15) is 38.1 Å². The highest BCUT2D eigenvalue weighted by molar-refractivity contribution is 6.00. The Kier molecular flexibility index (Phi) is 3.43. The highest BCUT2D eigenvalue weighted by atomic mass is 19.1. The van der Waals surface area contributed by atoms with E-state index in [9.17, 15) is 9.18 Å². The first kappa shape index (κ1) is 14.1. The Morgan fingerprint density at radius 2 is 2.06 bits per heavy atom. The molecule has 0 saturated carbocycles. The molecule has 3 aliphatic heterocycles. The average Bonchev–Trinajstić information content (AvgIpc) is 3.52. The van der Waals surface area contributed by atoms with Crippen LogP contribution in [0.3, 0.4) is 0 Å². The fourth-order valence-corrected chi connectivity index (χ4v) is 4.58. The lowest BCUT2D eigenvalue weighted by Crippen LogP contribution is -2.46.